The van der Waals surface area contributed by atoms with E-state index in [2.05, 4.69) is 16.8 Å². The van der Waals surface area contributed by atoms with E-state index in [1.807, 2.05) is 0 Å². The minimum Gasteiger partial charge on any atom is -0.480 e. The normalized spacial score (nSPS) is 28.6. The predicted molar refractivity (Wildman–Crippen MR) is 64.1 cm³/mol. The van der Waals surface area contributed by atoms with Gasteiger partial charge in [-0.3, -0.25) is 4.90 Å². The number of carboxylic acids is 1. The molecule has 2 saturated heterocycles. The number of carboxylic acid groups (broad SMARTS) is 1. The molecule has 2 aliphatic heterocycles. The Bertz CT molecular complexity index is 264. The zero-order valence-electron chi connectivity index (χ0n) is 10.5. The van der Waals surface area contributed by atoms with Crippen LogP contribution in [0.1, 0.15) is 19.3 Å². The van der Waals surface area contributed by atoms with Crippen molar-refractivity contribution in [3.05, 3.63) is 0 Å². The summed E-state index contributed by atoms with van der Waals surface area (Å²) < 4.78 is 5.34. The Hall–Kier alpha value is -0.650. The first-order valence-electron chi connectivity index (χ1n) is 6.41. The molecule has 0 bridgehead atoms. The van der Waals surface area contributed by atoms with Crippen LogP contribution < -0.4 is 0 Å². The monoisotopic (exact) mass is 242 g/mol. The lowest BCUT2D eigenvalue weighted by atomic mass is 10.1. The number of carbonyl (C=O) groups is 1. The molecule has 0 aromatic heterocycles. The zero-order chi connectivity index (χ0) is 12.3. The summed E-state index contributed by atoms with van der Waals surface area (Å²) >= 11 is 0. The summed E-state index contributed by atoms with van der Waals surface area (Å²) in [5, 5.41) is 8.56. The van der Waals surface area contributed by atoms with Gasteiger partial charge in [0, 0.05) is 25.7 Å². The minimum atomic E-state index is -0.871. The Morgan fingerprint density at radius 1 is 1.29 bits per heavy atom. The molecule has 17 heavy (non-hydrogen) atoms. The molecule has 0 aromatic carbocycles. The zero-order valence-corrected chi connectivity index (χ0v) is 10.5. The molecule has 5 nitrogen and oxygen atoms in total. The number of hydrogen-bond donors (Lipinski definition) is 1. The lowest BCUT2D eigenvalue weighted by Gasteiger charge is -2.35. The van der Waals surface area contributed by atoms with Crippen LogP contribution in [0.5, 0.6) is 0 Å². The van der Waals surface area contributed by atoms with Crippen molar-refractivity contribution in [3.63, 3.8) is 0 Å². The van der Waals surface area contributed by atoms with Crippen molar-refractivity contribution < 1.29 is 14.6 Å². The van der Waals surface area contributed by atoms with Crippen LogP contribution in [0.15, 0.2) is 0 Å². The molecule has 98 valence electrons. The molecule has 0 radical (unpaired) electrons. The Morgan fingerprint density at radius 2 is 2.00 bits per heavy atom. The van der Waals surface area contributed by atoms with Gasteiger partial charge < -0.3 is 14.7 Å². The number of aliphatic carboxylic acids is 1. The molecule has 1 N–H and O–H groups in total. The fourth-order valence-corrected chi connectivity index (χ4v) is 2.81. The summed E-state index contributed by atoms with van der Waals surface area (Å²) in [4.78, 5) is 15.3. The first kappa shape index (κ1) is 12.8. The van der Waals surface area contributed by atoms with E-state index in [0.29, 0.717) is 6.04 Å². The number of ether oxygens (including phenoxy) is 1. The molecule has 0 amide bonds. The molecule has 5 heteroatoms. The van der Waals surface area contributed by atoms with Gasteiger partial charge in [-0.1, -0.05) is 0 Å². The van der Waals surface area contributed by atoms with Gasteiger partial charge in [-0.15, -0.1) is 0 Å². The maximum absolute atomic E-state index is 10.4. The molecule has 0 aromatic rings. The van der Waals surface area contributed by atoms with Gasteiger partial charge in [-0.2, -0.15) is 0 Å². The third kappa shape index (κ3) is 3.66. The van der Waals surface area contributed by atoms with Gasteiger partial charge in [0.05, 0.1) is 6.10 Å². The summed E-state index contributed by atoms with van der Waals surface area (Å²) in [6.07, 6.45) is 3.33. The maximum Gasteiger partial charge on any atom is 0.329 e. The van der Waals surface area contributed by atoms with Crippen LogP contribution in [0, 0.1) is 0 Å². The molecule has 2 fully saturated rings. The van der Waals surface area contributed by atoms with Gasteiger partial charge in [-0.05, 0) is 32.9 Å². The number of rotatable bonds is 4. The van der Waals surface area contributed by atoms with Gasteiger partial charge in [0.25, 0.3) is 0 Å². The lowest BCUT2D eigenvalue weighted by molar-refractivity contribution is -0.145. The fourth-order valence-electron chi connectivity index (χ4n) is 2.81. The summed E-state index contributed by atoms with van der Waals surface area (Å²) in [5.41, 5.74) is 0. The van der Waals surface area contributed by atoms with Crippen LogP contribution in [-0.4, -0.2) is 72.9 Å². The Kier molecular flexibility index (Phi) is 4.36. The molecule has 1 atom stereocenters. The Balaban J connectivity index is 1.69. The quantitative estimate of drug-likeness (QED) is 0.766. The number of nitrogens with zero attached hydrogens (tertiary/aromatic N) is 2. The van der Waals surface area contributed by atoms with Crippen molar-refractivity contribution in [3.8, 4) is 0 Å². The van der Waals surface area contributed by atoms with Gasteiger partial charge in [-0.25, -0.2) is 4.79 Å². The van der Waals surface area contributed by atoms with Crippen molar-refractivity contribution in [1.82, 2.24) is 9.80 Å². The van der Waals surface area contributed by atoms with Gasteiger partial charge in [0.2, 0.25) is 0 Å². The Labute approximate surface area is 102 Å². The van der Waals surface area contributed by atoms with Crippen LogP contribution in [-0.2, 0) is 9.53 Å². The molecule has 0 spiro atoms. The highest BCUT2D eigenvalue weighted by Gasteiger charge is 2.29. The van der Waals surface area contributed by atoms with Gasteiger partial charge in [0.15, 0.2) is 0 Å². The lowest BCUT2D eigenvalue weighted by Crippen LogP contribution is -2.44. The van der Waals surface area contributed by atoms with Crippen molar-refractivity contribution in [2.24, 2.45) is 0 Å². The smallest absolute Gasteiger partial charge is 0.329 e. The number of piperidine rings is 1. The molecular weight excluding hydrogens is 220 g/mol. The van der Waals surface area contributed by atoms with E-state index in [9.17, 15) is 4.79 Å². The summed E-state index contributed by atoms with van der Waals surface area (Å²) in [5.74, 6) is -0.871. The second-order valence-corrected chi connectivity index (χ2v) is 5.14. The van der Waals surface area contributed by atoms with Gasteiger partial charge in [0.1, 0.15) is 6.61 Å². The molecule has 1 unspecified atom stereocenters. The van der Waals surface area contributed by atoms with E-state index >= 15 is 0 Å². The third-order valence-corrected chi connectivity index (χ3v) is 3.80. The van der Waals surface area contributed by atoms with Crippen LogP contribution in [0.3, 0.4) is 0 Å². The second-order valence-electron chi connectivity index (χ2n) is 5.14. The van der Waals surface area contributed by atoms with Crippen molar-refractivity contribution >= 4 is 5.97 Å². The van der Waals surface area contributed by atoms with Crippen molar-refractivity contribution in [1.29, 1.82) is 0 Å². The first-order valence-corrected chi connectivity index (χ1v) is 6.41. The molecule has 2 heterocycles. The van der Waals surface area contributed by atoms with E-state index < -0.39 is 5.97 Å². The van der Waals surface area contributed by atoms with E-state index in [4.69, 9.17) is 9.84 Å². The van der Waals surface area contributed by atoms with Crippen molar-refractivity contribution in [2.75, 3.05) is 39.8 Å². The molecule has 2 aliphatic rings. The molecule has 0 aliphatic carbocycles. The number of likely N-dealkylation sites (N-methyl/N-ethyl adjacent to an activating group) is 1. The number of hydrogen-bond acceptors (Lipinski definition) is 4. The van der Waals surface area contributed by atoms with Crippen LogP contribution >= 0.6 is 0 Å². The summed E-state index contributed by atoms with van der Waals surface area (Å²) in [6, 6.07) is 0.695. The SMILES string of the molecule is CN1CCC(N2CCC(OCC(=O)O)CC2)C1. The molecule has 2 rings (SSSR count). The van der Waals surface area contributed by atoms with E-state index in [1.165, 1.54) is 19.5 Å². The average Bonchev–Trinajstić information content (AvgIpc) is 2.74. The summed E-state index contributed by atoms with van der Waals surface area (Å²) in [6.45, 7) is 4.29. The second kappa shape index (κ2) is 5.80. The predicted octanol–water partition coefficient (Wildman–Crippen LogP) is 0.256. The van der Waals surface area contributed by atoms with E-state index in [0.717, 1.165) is 25.9 Å². The third-order valence-electron chi connectivity index (χ3n) is 3.80. The highest BCUT2D eigenvalue weighted by Crippen LogP contribution is 2.20. The molecule has 0 saturated carbocycles. The maximum atomic E-state index is 10.4. The summed E-state index contributed by atoms with van der Waals surface area (Å²) in [7, 11) is 2.17. The van der Waals surface area contributed by atoms with Crippen molar-refractivity contribution in [2.45, 2.75) is 31.4 Å². The minimum absolute atomic E-state index is 0.140. The van der Waals surface area contributed by atoms with Gasteiger partial charge >= 0.3 is 5.97 Å². The van der Waals surface area contributed by atoms with E-state index in [1.54, 1.807) is 0 Å². The standard InChI is InChI=1S/C12H22N2O3/c1-13-5-2-10(8-13)14-6-3-11(4-7-14)17-9-12(15)16/h10-11H,2-9H2,1H3,(H,15,16). The topological polar surface area (TPSA) is 53.0 Å². The van der Waals surface area contributed by atoms with Crippen LogP contribution in [0.25, 0.3) is 0 Å². The average molecular weight is 242 g/mol. The Morgan fingerprint density at radius 3 is 2.53 bits per heavy atom. The first-order chi connectivity index (χ1) is 8.15. The van der Waals surface area contributed by atoms with E-state index in [-0.39, 0.29) is 12.7 Å². The highest BCUT2D eigenvalue weighted by atomic mass is 16.5. The fraction of sp³-hybridized carbons (Fsp3) is 0.917. The van der Waals surface area contributed by atoms with Crippen LogP contribution in [0.2, 0.25) is 0 Å². The number of likely N-dealkylation sites (tertiary alicyclic amines) is 2. The molecular formula is C12H22N2O3. The van der Waals surface area contributed by atoms with Crippen LogP contribution in [0.4, 0.5) is 0 Å². The largest absolute Gasteiger partial charge is 0.480 e. The highest BCUT2D eigenvalue weighted by molar-refractivity contribution is 5.68.